The Morgan fingerprint density at radius 3 is 1.85 bits per heavy atom. The summed E-state index contributed by atoms with van der Waals surface area (Å²) >= 11 is 0. The van der Waals surface area contributed by atoms with Crippen LogP contribution in [-0.2, 0) is 32.0 Å². The molecule has 0 aliphatic carbocycles. The fraction of sp³-hybridized carbons (Fsp3) is 0.512. The second-order valence-electron chi connectivity index (χ2n) is 14.3. The molecule has 7 nitrogen and oxygen atoms in total. The molecular weight excluding hydrogens is 598 g/mol. The highest BCUT2D eigenvalue weighted by Gasteiger charge is 2.36. The number of carbonyl (C=O) groups excluding carboxylic acids is 4. The van der Waals surface area contributed by atoms with E-state index in [1.165, 1.54) is 0 Å². The van der Waals surface area contributed by atoms with E-state index < -0.39 is 12.0 Å². The Hall–Kier alpha value is -4.00. The first-order valence-electron chi connectivity index (χ1n) is 18.3. The molecule has 4 heterocycles. The number of hydrogen-bond acceptors (Lipinski definition) is 4. The van der Waals surface area contributed by atoms with Crippen LogP contribution in [0, 0.1) is 17.8 Å². The summed E-state index contributed by atoms with van der Waals surface area (Å²) in [6.07, 6.45) is 18.1. The Labute approximate surface area is 285 Å². The van der Waals surface area contributed by atoms with Crippen LogP contribution in [0.5, 0.6) is 0 Å². The summed E-state index contributed by atoms with van der Waals surface area (Å²) < 4.78 is 0. The molecule has 2 saturated heterocycles. The number of carbonyl (C=O) groups is 4. The zero-order chi connectivity index (χ0) is 33.3. The number of nitrogens with one attached hydrogen (secondary N) is 1. The number of allylic oxidation sites excluding steroid dienone is 1. The summed E-state index contributed by atoms with van der Waals surface area (Å²) in [6, 6.07) is 19.7. The van der Waals surface area contributed by atoms with E-state index in [0.717, 1.165) is 62.7 Å². The van der Waals surface area contributed by atoms with Crippen molar-refractivity contribution >= 4 is 23.5 Å². The minimum absolute atomic E-state index is 0.00621. The van der Waals surface area contributed by atoms with E-state index in [1.807, 2.05) is 70.5 Å². The first kappa shape index (κ1) is 33.9. The molecule has 4 aliphatic heterocycles. The molecule has 6 atom stereocenters. The topological polar surface area (TPSA) is 86.8 Å². The first-order valence-corrected chi connectivity index (χ1v) is 18.3. The molecule has 254 valence electrons. The zero-order valence-corrected chi connectivity index (χ0v) is 28.2. The van der Waals surface area contributed by atoms with E-state index in [1.54, 1.807) is 0 Å². The molecule has 48 heavy (non-hydrogen) atoms. The van der Waals surface area contributed by atoms with Crippen molar-refractivity contribution in [2.24, 2.45) is 17.8 Å². The zero-order valence-electron chi connectivity index (χ0n) is 28.2. The Kier molecular flexibility index (Phi) is 11.6. The number of benzene rings is 2. The number of nitrogens with zero attached hydrogens (tertiary/aromatic N) is 2. The van der Waals surface area contributed by atoms with Crippen LogP contribution in [0.15, 0.2) is 85.0 Å². The molecule has 2 aromatic rings. The number of amides is 3. The van der Waals surface area contributed by atoms with Crippen molar-refractivity contribution in [1.82, 2.24) is 15.1 Å². The van der Waals surface area contributed by atoms with Gasteiger partial charge < -0.3 is 15.1 Å². The van der Waals surface area contributed by atoms with E-state index in [-0.39, 0.29) is 53.8 Å². The van der Waals surface area contributed by atoms with Crippen LogP contribution in [0.3, 0.4) is 0 Å². The largest absolute Gasteiger partial charge is 0.344 e. The van der Waals surface area contributed by atoms with Gasteiger partial charge in [0, 0.05) is 43.3 Å². The predicted octanol–water partition coefficient (Wildman–Crippen LogP) is 6.23. The molecule has 3 amide bonds. The third-order valence-corrected chi connectivity index (χ3v) is 10.9. The van der Waals surface area contributed by atoms with Gasteiger partial charge in [-0.2, -0.15) is 0 Å². The van der Waals surface area contributed by atoms with Crippen molar-refractivity contribution in [2.75, 3.05) is 13.1 Å². The van der Waals surface area contributed by atoms with Gasteiger partial charge in [-0.1, -0.05) is 85.0 Å². The van der Waals surface area contributed by atoms with Crippen molar-refractivity contribution in [2.45, 2.75) is 102 Å². The van der Waals surface area contributed by atoms with Crippen LogP contribution in [0.4, 0.5) is 0 Å². The molecule has 2 fully saturated rings. The van der Waals surface area contributed by atoms with Crippen LogP contribution in [0.1, 0.15) is 81.8 Å². The average Bonchev–Trinajstić information content (AvgIpc) is 3.37. The van der Waals surface area contributed by atoms with Crippen LogP contribution < -0.4 is 5.32 Å². The number of Topliss-reactive ketones (excluding diaryl/α,β-unsaturated/α-hetero) is 1. The highest BCUT2D eigenvalue weighted by atomic mass is 16.2. The molecule has 0 radical (unpaired) electrons. The molecule has 0 spiro atoms. The van der Waals surface area contributed by atoms with Gasteiger partial charge in [0.25, 0.3) is 0 Å². The number of ketones is 1. The third kappa shape index (κ3) is 8.53. The molecule has 6 rings (SSSR count). The number of hydrogen-bond donors (Lipinski definition) is 1. The van der Waals surface area contributed by atoms with Gasteiger partial charge in [0.15, 0.2) is 0 Å². The van der Waals surface area contributed by atoms with Gasteiger partial charge in [0.05, 0.1) is 6.04 Å². The maximum Gasteiger partial charge on any atom is 0.245 e. The molecule has 7 heteroatoms. The SMILES string of the molecule is O=C(C[C@H]1CC=C[C@H]2CCCCN2C1=O)[C@H](CC[C@H](Cc1ccccc1)C(=O)N[C@H]1CC=C[C@H]2CCCCN2C1=O)Cc1ccccc1. The summed E-state index contributed by atoms with van der Waals surface area (Å²) in [5.41, 5.74) is 2.13. The molecule has 0 bridgehead atoms. The number of fused-ring (bicyclic) bond motifs is 2. The fourth-order valence-electron chi connectivity index (χ4n) is 8.16. The average molecular weight is 650 g/mol. The summed E-state index contributed by atoms with van der Waals surface area (Å²) in [5, 5.41) is 3.15. The predicted molar refractivity (Wildman–Crippen MR) is 188 cm³/mol. The van der Waals surface area contributed by atoms with Crippen LogP contribution in [0.2, 0.25) is 0 Å². The van der Waals surface area contributed by atoms with Crippen molar-refractivity contribution < 1.29 is 19.2 Å². The lowest BCUT2D eigenvalue weighted by Crippen LogP contribution is -2.52. The summed E-state index contributed by atoms with van der Waals surface area (Å²) in [5.74, 6) is -0.971. The van der Waals surface area contributed by atoms with Gasteiger partial charge in [-0.3, -0.25) is 19.2 Å². The van der Waals surface area contributed by atoms with Gasteiger partial charge in [0.1, 0.15) is 11.8 Å². The number of rotatable bonds is 12. The van der Waals surface area contributed by atoms with E-state index in [0.29, 0.717) is 38.5 Å². The molecule has 0 aromatic heterocycles. The fourth-order valence-corrected chi connectivity index (χ4v) is 8.16. The molecule has 2 aromatic carbocycles. The lowest BCUT2D eigenvalue weighted by molar-refractivity contribution is -0.140. The maximum atomic E-state index is 14.2. The lowest BCUT2D eigenvalue weighted by atomic mass is 9.82. The third-order valence-electron chi connectivity index (χ3n) is 10.9. The Morgan fingerprint density at radius 2 is 1.23 bits per heavy atom. The molecule has 1 N–H and O–H groups in total. The Balaban J connectivity index is 1.17. The molecule has 4 aliphatic rings. The monoisotopic (exact) mass is 649 g/mol. The standard InChI is InChI=1S/C41H51N3O4/c45-38(29-34-17-11-20-35-18-7-9-25-43(35)40(34)47)32(27-30-13-3-1-4-14-30)23-24-33(28-31-15-5-2-6-16-31)39(46)42-37-22-12-21-36-19-8-10-26-44(36)41(37)48/h1-6,11-16,20-21,32-37H,7-10,17-19,22-29H2,(H,42,46)/t32-,33-,34-,35-,36-,37+/m1/s1. The van der Waals surface area contributed by atoms with Crippen LogP contribution in [-0.4, -0.2) is 64.5 Å². The van der Waals surface area contributed by atoms with Crippen molar-refractivity contribution in [3.8, 4) is 0 Å². The van der Waals surface area contributed by atoms with Crippen molar-refractivity contribution in [1.29, 1.82) is 0 Å². The maximum absolute atomic E-state index is 14.2. The molecule has 0 saturated carbocycles. The van der Waals surface area contributed by atoms with Crippen LogP contribution >= 0.6 is 0 Å². The highest BCUT2D eigenvalue weighted by molar-refractivity contribution is 5.90. The second-order valence-corrected chi connectivity index (χ2v) is 14.3. The smallest absolute Gasteiger partial charge is 0.245 e. The van der Waals surface area contributed by atoms with E-state index in [4.69, 9.17) is 0 Å². The first-order chi connectivity index (χ1) is 23.5. The quantitative estimate of drug-likeness (QED) is 0.277. The second kappa shape index (κ2) is 16.4. The van der Waals surface area contributed by atoms with Crippen LogP contribution in [0.25, 0.3) is 0 Å². The summed E-state index contributed by atoms with van der Waals surface area (Å²) in [4.78, 5) is 59.3. The number of piperidine rings is 2. The Morgan fingerprint density at radius 1 is 0.688 bits per heavy atom. The van der Waals surface area contributed by atoms with Crippen molar-refractivity contribution in [3.05, 3.63) is 96.1 Å². The van der Waals surface area contributed by atoms with Gasteiger partial charge in [0.2, 0.25) is 17.7 Å². The van der Waals surface area contributed by atoms with Gasteiger partial charge in [-0.05, 0) is 88.2 Å². The normalized spacial score (nSPS) is 25.3. The van der Waals surface area contributed by atoms with Gasteiger partial charge >= 0.3 is 0 Å². The molecular formula is C41H51N3O4. The highest BCUT2D eigenvalue weighted by Crippen LogP contribution is 2.30. The van der Waals surface area contributed by atoms with E-state index in [9.17, 15) is 19.2 Å². The van der Waals surface area contributed by atoms with Crippen molar-refractivity contribution in [3.63, 3.8) is 0 Å². The summed E-state index contributed by atoms with van der Waals surface area (Å²) in [7, 11) is 0. The molecule has 0 unspecified atom stereocenters. The lowest BCUT2D eigenvalue weighted by Gasteiger charge is -2.35. The van der Waals surface area contributed by atoms with Gasteiger partial charge in [-0.25, -0.2) is 0 Å². The van der Waals surface area contributed by atoms with E-state index >= 15 is 0 Å². The minimum atomic E-state index is -0.579. The summed E-state index contributed by atoms with van der Waals surface area (Å²) in [6.45, 7) is 1.49. The minimum Gasteiger partial charge on any atom is -0.344 e. The Bertz CT molecular complexity index is 1360. The van der Waals surface area contributed by atoms with Gasteiger partial charge in [-0.15, -0.1) is 0 Å². The van der Waals surface area contributed by atoms with E-state index in [2.05, 4.69) is 29.6 Å².